The van der Waals surface area contributed by atoms with Gasteiger partial charge in [-0.3, -0.25) is 4.79 Å². The lowest BCUT2D eigenvalue weighted by Gasteiger charge is -2.37. The van der Waals surface area contributed by atoms with Crippen LogP contribution in [0.2, 0.25) is 0 Å². The maximum Gasteiger partial charge on any atom is 0.325 e. The van der Waals surface area contributed by atoms with Crippen LogP contribution in [0.1, 0.15) is 38.2 Å². The van der Waals surface area contributed by atoms with E-state index in [1.165, 1.54) is 5.57 Å². The average Bonchev–Trinajstić information content (AvgIpc) is 2.42. The molecule has 0 amide bonds. The third-order valence-electron chi connectivity index (χ3n) is 4.16. The van der Waals surface area contributed by atoms with E-state index in [0.29, 0.717) is 12.8 Å². The fourth-order valence-corrected chi connectivity index (χ4v) is 2.82. The summed E-state index contributed by atoms with van der Waals surface area (Å²) in [6, 6.07) is 11.6. The van der Waals surface area contributed by atoms with Crippen LogP contribution >= 0.6 is 0 Å². The molecule has 1 aromatic rings. The summed E-state index contributed by atoms with van der Waals surface area (Å²) in [5.74, 6) is -1.30. The van der Waals surface area contributed by atoms with Gasteiger partial charge in [0.05, 0.1) is 6.07 Å². The number of benzene rings is 1. The molecule has 3 heteroatoms. The van der Waals surface area contributed by atoms with Crippen molar-refractivity contribution in [2.45, 2.75) is 32.6 Å². The molecule has 0 bridgehead atoms. The molecule has 1 aliphatic rings. The normalized spacial score (nSPS) is 26.9. The molecule has 0 saturated carbocycles. The highest BCUT2D eigenvalue weighted by Crippen LogP contribution is 2.49. The highest BCUT2D eigenvalue weighted by Gasteiger charge is 2.49. The van der Waals surface area contributed by atoms with Crippen molar-refractivity contribution in [2.75, 3.05) is 0 Å². The van der Waals surface area contributed by atoms with E-state index < -0.39 is 11.4 Å². The summed E-state index contributed by atoms with van der Waals surface area (Å²) in [6.45, 7) is 3.94. The molecular weight excluding hydrogens is 238 g/mol. The fourth-order valence-electron chi connectivity index (χ4n) is 2.82. The average molecular weight is 255 g/mol. The van der Waals surface area contributed by atoms with Crippen LogP contribution < -0.4 is 0 Å². The largest absolute Gasteiger partial charge is 0.480 e. The Morgan fingerprint density at radius 2 is 1.95 bits per heavy atom. The summed E-state index contributed by atoms with van der Waals surface area (Å²) >= 11 is 0. The van der Waals surface area contributed by atoms with E-state index >= 15 is 0 Å². The van der Waals surface area contributed by atoms with Gasteiger partial charge in [-0.2, -0.15) is 5.26 Å². The maximum absolute atomic E-state index is 11.7. The van der Waals surface area contributed by atoms with Gasteiger partial charge in [-0.15, -0.1) is 0 Å². The highest BCUT2D eigenvalue weighted by atomic mass is 16.4. The third kappa shape index (κ3) is 2.15. The lowest BCUT2D eigenvalue weighted by atomic mass is 9.63. The molecule has 19 heavy (non-hydrogen) atoms. The van der Waals surface area contributed by atoms with Crippen molar-refractivity contribution < 1.29 is 9.90 Å². The monoisotopic (exact) mass is 255 g/mol. The molecule has 2 rings (SSSR count). The molecular formula is C16H17NO2. The van der Waals surface area contributed by atoms with E-state index in [9.17, 15) is 15.2 Å². The topological polar surface area (TPSA) is 61.1 Å². The summed E-state index contributed by atoms with van der Waals surface area (Å²) in [6.07, 6.45) is 0.944. The molecule has 0 radical (unpaired) electrons. The van der Waals surface area contributed by atoms with Crippen molar-refractivity contribution in [2.24, 2.45) is 5.41 Å². The van der Waals surface area contributed by atoms with Crippen LogP contribution in [-0.2, 0) is 4.79 Å². The second-order valence-corrected chi connectivity index (χ2v) is 5.29. The Bertz CT molecular complexity index is 568. The first-order valence-electron chi connectivity index (χ1n) is 6.36. The van der Waals surface area contributed by atoms with E-state index in [4.69, 9.17) is 0 Å². The van der Waals surface area contributed by atoms with E-state index in [2.05, 4.69) is 6.07 Å². The Hall–Kier alpha value is -2.08. The molecule has 1 N–H and O–H groups in total. The molecule has 1 aliphatic carbocycles. The van der Waals surface area contributed by atoms with Gasteiger partial charge in [-0.1, -0.05) is 41.5 Å². The second kappa shape index (κ2) is 4.89. The Kier molecular flexibility index (Phi) is 3.44. The van der Waals surface area contributed by atoms with Crippen molar-refractivity contribution in [1.29, 1.82) is 5.26 Å². The number of rotatable bonds is 2. The van der Waals surface area contributed by atoms with Crippen LogP contribution in [0.4, 0.5) is 0 Å². The van der Waals surface area contributed by atoms with Crippen LogP contribution in [0.15, 0.2) is 41.5 Å². The van der Waals surface area contributed by atoms with Crippen molar-refractivity contribution in [3.63, 3.8) is 0 Å². The predicted molar refractivity (Wildman–Crippen MR) is 72.5 cm³/mol. The molecule has 0 aliphatic heterocycles. The summed E-state index contributed by atoms with van der Waals surface area (Å²) in [5.41, 5.74) is 1.81. The molecule has 0 heterocycles. The van der Waals surface area contributed by atoms with E-state index in [1.54, 1.807) is 0 Å². The number of allylic oxidation sites excluding steroid dienone is 2. The van der Waals surface area contributed by atoms with Gasteiger partial charge in [0.1, 0.15) is 0 Å². The quantitative estimate of drug-likeness (QED) is 0.823. The minimum absolute atomic E-state index is 0.278. The van der Waals surface area contributed by atoms with Gasteiger partial charge in [0.15, 0.2) is 5.41 Å². The van der Waals surface area contributed by atoms with Crippen molar-refractivity contribution in [1.82, 2.24) is 0 Å². The molecule has 3 nitrogen and oxygen atoms in total. The van der Waals surface area contributed by atoms with Crippen molar-refractivity contribution in [3.8, 4) is 6.07 Å². The lowest BCUT2D eigenvalue weighted by Crippen LogP contribution is -2.39. The van der Waals surface area contributed by atoms with Crippen LogP contribution in [-0.4, -0.2) is 11.1 Å². The molecule has 98 valence electrons. The molecule has 0 spiro atoms. The summed E-state index contributed by atoms with van der Waals surface area (Å²) in [4.78, 5) is 11.7. The number of nitriles is 1. The van der Waals surface area contributed by atoms with Gasteiger partial charge in [0.2, 0.25) is 0 Å². The van der Waals surface area contributed by atoms with Gasteiger partial charge in [0.25, 0.3) is 0 Å². The van der Waals surface area contributed by atoms with Gasteiger partial charge < -0.3 is 5.11 Å². The fraction of sp³-hybridized carbons (Fsp3) is 0.375. The Morgan fingerprint density at radius 3 is 2.47 bits per heavy atom. The Morgan fingerprint density at radius 1 is 1.32 bits per heavy atom. The maximum atomic E-state index is 11.7. The number of aliphatic carboxylic acids is 1. The number of carbonyl (C=O) groups is 1. The zero-order valence-electron chi connectivity index (χ0n) is 11.2. The molecule has 0 fully saturated rings. The molecule has 0 aromatic heterocycles. The van der Waals surface area contributed by atoms with Crippen LogP contribution in [0, 0.1) is 16.7 Å². The number of hydrogen-bond donors (Lipinski definition) is 1. The number of nitrogens with zero attached hydrogens (tertiary/aromatic N) is 1. The third-order valence-corrected chi connectivity index (χ3v) is 4.16. The van der Waals surface area contributed by atoms with Gasteiger partial charge in [-0.05, 0) is 32.3 Å². The summed E-state index contributed by atoms with van der Waals surface area (Å²) in [5, 5.41) is 19.1. The van der Waals surface area contributed by atoms with Crippen molar-refractivity contribution in [3.05, 3.63) is 47.0 Å². The lowest BCUT2D eigenvalue weighted by molar-refractivity contribution is -0.147. The first-order chi connectivity index (χ1) is 9.01. The van der Waals surface area contributed by atoms with Gasteiger partial charge in [-0.25, -0.2) is 0 Å². The number of carboxylic acids is 1. The zero-order chi connectivity index (χ0) is 14.0. The van der Waals surface area contributed by atoms with Gasteiger partial charge in [0, 0.05) is 5.92 Å². The number of carboxylic acid groups (broad SMARTS) is 1. The highest BCUT2D eigenvalue weighted by molar-refractivity contribution is 5.80. The Labute approximate surface area is 113 Å². The van der Waals surface area contributed by atoms with E-state index in [-0.39, 0.29) is 5.92 Å². The minimum Gasteiger partial charge on any atom is -0.480 e. The Balaban J connectivity index is 2.56. The SMILES string of the molecule is CC1=C(C)C[C@@](C#N)(C(=O)O)[C@H](c2ccccc2)C1. The van der Waals surface area contributed by atoms with Crippen LogP contribution in [0.3, 0.4) is 0 Å². The molecule has 0 saturated heterocycles. The predicted octanol–water partition coefficient (Wildman–Crippen LogP) is 3.49. The summed E-state index contributed by atoms with van der Waals surface area (Å²) in [7, 11) is 0. The van der Waals surface area contributed by atoms with E-state index in [0.717, 1.165) is 11.1 Å². The van der Waals surface area contributed by atoms with E-state index in [1.807, 2.05) is 44.2 Å². The zero-order valence-corrected chi connectivity index (χ0v) is 11.2. The first-order valence-corrected chi connectivity index (χ1v) is 6.36. The summed E-state index contributed by atoms with van der Waals surface area (Å²) < 4.78 is 0. The number of hydrogen-bond acceptors (Lipinski definition) is 2. The van der Waals surface area contributed by atoms with Crippen LogP contribution in [0.5, 0.6) is 0 Å². The minimum atomic E-state index is -1.34. The molecule has 0 unspecified atom stereocenters. The first kappa shape index (κ1) is 13.4. The molecule has 2 atom stereocenters. The van der Waals surface area contributed by atoms with Crippen LogP contribution in [0.25, 0.3) is 0 Å². The van der Waals surface area contributed by atoms with Crippen molar-refractivity contribution >= 4 is 5.97 Å². The standard InChI is InChI=1S/C16H17NO2/c1-11-8-14(13-6-4-3-5-7-13)16(10-17,15(18)19)9-12(11)2/h3-7,14H,8-9H2,1-2H3,(H,18,19)/t14-,16-/m0/s1. The molecule has 1 aromatic carbocycles. The smallest absolute Gasteiger partial charge is 0.325 e. The second-order valence-electron chi connectivity index (χ2n) is 5.29. The van der Waals surface area contributed by atoms with Gasteiger partial charge >= 0.3 is 5.97 Å².